The van der Waals surface area contributed by atoms with Gasteiger partial charge < -0.3 is 21.2 Å². The molecule has 1 unspecified atom stereocenters. The molecule has 5 N–H and O–H groups in total. The Morgan fingerprint density at radius 3 is 2.78 bits per heavy atom. The average Bonchev–Trinajstić information content (AvgIpc) is 3.63. The van der Waals surface area contributed by atoms with E-state index in [4.69, 9.17) is 11.6 Å². The van der Waals surface area contributed by atoms with Gasteiger partial charge in [-0.2, -0.15) is 5.26 Å². The number of nitriles is 1. The average molecular weight is 523 g/mol. The van der Waals surface area contributed by atoms with E-state index in [1.165, 1.54) is 18.3 Å². The molecule has 0 saturated heterocycles. The van der Waals surface area contributed by atoms with Gasteiger partial charge in [0.2, 0.25) is 0 Å². The first-order chi connectivity index (χ1) is 18.1. The molecule has 1 aliphatic carbocycles. The lowest BCUT2D eigenvalue weighted by Gasteiger charge is -2.24. The molecule has 1 fully saturated rings. The van der Waals surface area contributed by atoms with Gasteiger partial charge in [-0.15, -0.1) is 5.53 Å². The van der Waals surface area contributed by atoms with Crippen LogP contribution in [0.1, 0.15) is 45.2 Å². The third-order valence-electron chi connectivity index (χ3n) is 6.42. The van der Waals surface area contributed by atoms with Crippen molar-refractivity contribution in [2.75, 3.05) is 23.8 Å². The molecule has 1 atom stereocenters. The van der Waals surface area contributed by atoms with E-state index in [0.29, 0.717) is 56.7 Å². The van der Waals surface area contributed by atoms with Gasteiger partial charge >= 0.3 is 0 Å². The third kappa shape index (κ3) is 5.42. The second kappa shape index (κ2) is 10.1. The number of rotatable bonds is 9. The van der Waals surface area contributed by atoms with Gasteiger partial charge in [-0.05, 0) is 42.7 Å². The Hall–Kier alpha value is -3.58. The lowest BCUT2D eigenvalue weighted by atomic mass is 9.94. The Morgan fingerprint density at radius 1 is 1.35 bits per heavy atom. The van der Waals surface area contributed by atoms with Crippen LogP contribution < -0.4 is 21.6 Å². The molecule has 0 radical (unpaired) electrons. The minimum absolute atomic E-state index is 0.0362. The largest absolute Gasteiger partial charge is 0.396 e. The summed E-state index contributed by atoms with van der Waals surface area (Å²) in [5.74, 6) is -0.396. The van der Waals surface area contributed by atoms with Gasteiger partial charge in [-0.25, -0.2) is 4.39 Å². The number of hydrazine groups is 2. The van der Waals surface area contributed by atoms with Crippen molar-refractivity contribution in [1.82, 2.24) is 21.0 Å². The Morgan fingerprint density at radius 2 is 2.11 bits per heavy atom. The Labute approximate surface area is 221 Å². The maximum absolute atomic E-state index is 13.8. The van der Waals surface area contributed by atoms with Crippen molar-refractivity contribution in [2.45, 2.75) is 38.7 Å². The van der Waals surface area contributed by atoms with E-state index in [9.17, 15) is 16.1 Å². The molecule has 1 aliphatic heterocycles. The monoisotopic (exact) mass is 522 g/mol. The zero-order chi connectivity index (χ0) is 27.1. The number of hydrogen-bond acceptors (Lipinski definition) is 8. The summed E-state index contributed by atoms with van der Waals surface area (Å²) < 4.78 is 23.3. The van der Waals surface area contributed by atoms with E-state index in [1.807, 2.05) is 25.1 Å². The molecule has 3 aromatic rings. The highest BCUT2D eigenvalue weighted by atomic mass is 35.5. The number of halogens is 2. The van der Waals surface area contributed by atoms with Crippen molar-refractivity contribution < 1.29 is 10.9 Å². The zero-order valence-electron chi connectivity index (χ0n) is 21.6. The number of pyridine rings is 1. The number of benzene rings is 2. The first-order valence-corrected chi connectivity index (χ1v) is 12.4. The molecule has 1 aromatic heterocycles. The quantitative estimate of drug-likeness (QED) is 0.272. The fraction of sp³-hybridized carbons (Fsp3) is 0.333. The van der Waals surface area contributed by atoms with Crippen molar-refractivity contribution in [3.05, 3.63) is 76.5 Å². The van der Waals surface area contributed by atoms with Gasteiger partial charge in [0.25, 0.3) is 0 Å². The maximum atomic E-state index is 13.8. The highest BCUT2D eigenvalue weighted by Gasteiger charge is 2.32. The first kappa shape index (κ1) is 23.8. The first-order valence-electron chi connectivity index (χ1n) is 12.6. The van der Waals surface area contributed by atoms with Crippen LogP contribution in [0.4, 0.5) is 15.8 Å². The molecule has 0 amide bonds. The Balaban J connectivity index is 1.59. The lowest BCUT2D eigenvalue weighted by Crippen LogP contribution is -2.38. The standard InChI is InChI=1S/C27H29ClFN7O/c1-27(2,15-37)14-32-24-17(11-30)12-31-26-21(24)9-19(10-22(26)28)33-25(16-3-5-18(29)6-4-16)23-13-36(35-34-23)20-7-8-20/h3-6,9-10,12-13,20,25,33-35,37H,7-8,14-15H2,1-2H3,(H,31,32)/i25D. The Kier molecular flexibility index (Phi) is 6.47. The van der Waals surface area contributed by atoms with Gasteiger partial charge in [-0.1, -0.05) is 37.6 Å². The van der Waals surface area contributed by atoms with E-state index in [0.717, 1.165) is 12.8 Å². The van der Waals surface area contributed by atoms with Crippen LogP contribution in [0.3, 0.4) is 0 Å². The molecular weight excluding hydrogens is 493 g/mol. The molecule has 192 valence electrons. The van der Waals surface area contributed by atoms with Crippen LogP contribution >= 0.6 is 11.6 Å². The molecule has 2 aliphatic rings. The second-order valence-corrected chi connectivity index (χ2v) is 10.5. The van der Waals surface area contributed by atoms with Gasteiger partial charge in [0, 0.05) is 48.1 Å². The fourth-order valence-corrected chi connectivity index (χ4v) is 4.32. The molecule has 0 spiro atoms. The van der Waals surface area contributed by atoms with Crippen LogP contribution in [0, 0.1) is 22.6 Å². The molecular formula is C27H29ClFN7O. The number of aliphatic hydroxyl groups is 1. The highest BCUT2D eigenvalue weighted by molar-refractivity contribution is 6.35. The number of aromatic nitrogens is 1. The van der Waals surface area contributed by atoms with Crippen LogP contribution in [0.15, 0.2) is 54.5 Å². The van der Waals surface area contributed by atoms with Gasteiger partial charge in [0.1, 0.15) is 11.9 Å². The number of fused-ring (bicyclic) bond motifs is 1. The van der Waals surface area contributed by atoms with E-state index < -0.39 is 17.3 Å². The fourth-order valence-electron chi connectivity index (χ4n) is 4.05. The zero-order valence-corrected chi connectivity index (χ0v) is 21.3. The van der Waals surface area contributed by atoms with Crippen molar-refractivity contribution in [3.8, 4) is 6.07 Å². The predicted octanol–water partition coefficient (Wildman–Crippen LogP) is 4.81. The second-order valence-electron chi connectivity index (χ2n) is 10.1. The summed E-state index contributed by atoms with van der Waals surface area (Å²) in [4.78, 5) is 4.40. The van der Waals surface area contributed by atoms with Crippen molar-refractivity contribution >= 4 is 33.9 Å². The van der Waals surface area contributed by atoms with Crippen LogP contribution in [0.25, 0.3) is 10.9 Å². The van der Waals surface area contributed by atoms with Crippen LogP contribution in [0.2, 0.25) is 5.02 Å². The smallest absolute Gasteiger partial charge is 0.123 e. The Bertz CT molecular complexity index is 1440. The van der Waals surface area contributed by atoms with Gasteiger partial charge in [0.05, 0.1) is 34.9 Å². The molecule has 5 rings (SSSR count). The predicted molar refractivity (Wildman–Crippen MR) is 143 cm³/mol. The van der Waals surface area contributed by atoms with Crippen LogP contribution in [-0.4, -0.2) is 34.3 Å². The SMILES string of the molecule is [2H]C(Nc1cc(Cl)c2ncc(C#N)c(NCC(C)(C)CO)c2c1)(C1=CN(C2CC2)NN1)c1ccc(F)cc1. The van der Waals surface area contributed by atoms with Crippen molar-refractivity contribution in [3.63, 3.8) is 0 Å². The molecule has 1 saturated carbocycles. The van der Waals surface area contributed by atoms with E-state index >= 15 is 0 Å². The summed E-state index contributed by atoms with van der Waals surface area (Å²) in [5, 5.41) is 28.9. The van der Waals surface area contributed by atoms with E-state index in [1.54, 1.807) is 24.3 Å². The molecule has 10 heteroatoms. The molecule has 2 aromatic carbocycles. The summed E-state index contributed by atoms with van der Waals surface area (Å²) in [5.41, 5.74) is 8.69. The molecule has 2 heterocycles. The summed E-state index contributed by atoms with van der Waals surface area (Å²) in [7, 11) is 0. The molecule has 0 bridgehead atoms. The number of nitrogens with one attached hydrogen (secondary N) is 4. The summed E-state index contributed by atoms with van der Waals surface area (Å²) in [6.07, 6.45) is 5.44. The summed E-state index contributed by atoms with van der Waals surface area (Å²) in [6, 6.07) is 10.2. The minimum atomic E-state index is -1.53. The van der Waals surface area contributed by atoms with Gasteiger partial charge in [0.15, 0.2) is 0 Å². The summed E-state index contributed by atoms with van der Waals surface area (Å²) >= 11 is 6.66. The normalized spacial score (nSPS) is 17.5. The maximum Gasteiger partial charge on any atom is 0.123 e. The topological polar surface area (TPSA) is 108 Å². The highest BCUT2D eigenvalue weighted by Crippen LogP contribution is 2.37. The molecule has 8 nitrogen and oxygen atoms in total. The molecule has 37 heavy (non-hydrogen) atoms. The van der Waals surface area contributed by atoms with Crippen LogP contribution in [0.5, 0.6) is 0 Å². The third-order valence-corrected chi connectivity index (χ3v) is 6.70. The number of hydrogen-bond donors (Lipinski definition) is 5. The minimum Gasteiger partial charge on any atom is -0.396 e. The lowest BCUT2D eigenvalue weighted by molar-refractivity contribution is 0.171. The van der Waals surface area contributed by atoms with Crippen molar-refractivity contribution in [2.24, 2.45) is 5.41 Å². The number of aliphatic hydroxyl groups excluding tert-OH is 1. The van der Waals surface area contributed by atoms with Gasteiger partial charge in [-0.3, -0.25) is 9.99 Å². The van der Waals surface area contributed by atoms with Crippen LogP contribution in [-0.2, 0) is 0 Å². The number of anilines is 2. The summed E-state index contributed by atoms with van der Waals surface area (Å²) in [6.45, 7) is 4.19. The number of nitrogens with zero attached hydrogens (tertiary/aromatic N) is 3. The van der Waals surface area contributed by atoms with E-state index in [2.05, 4.69) is 32.6 Å². The van der Waals surface area contributed by atoms with Crippen molar-refractivity contribution in [1.29, 1.82) is 5.26 Å². The van der Waals surface area contributed by atoms with E-state index in [-0.39, 0.29) is 6.61 Å².